The van der Waals surface area contributed by atoms with Crippen LogP contribution in [-0.4, -0.2) is 42.2 Å². The van der Waals surface area contributed by atoms with Gasteiger partial charge >= 0.3 is 12.0 Å². The summed E-state index contributed by atoms with van der Waals surface area (Å²) in [5, 5.41) is 11.9. The van der Waals surface area contributed by atoms with Crippen molar-refractivity contribution < 1.29 is 19.4 Å². The lowest BCUT2D eigenvalue weighted by Gasteiger charge is -2.31. The molecule has 1 saturated heterocycles. The summed E-state index contributed by atoms with van der Waals surface area (Å²) in [4.78, 5) is 24.9. The molecule has 0 saturated carbocycles. The number of hydrogen-bond acceptors (Lipinski definition) is 3. The lowest BCUT2D eigenvalue weighted by Crippen LogP contribution is -2.46. The monoisotopic (exact) mass is 306 g/mol. The second kappa shape index (κ2) is 7.15. The Bertz CT molecular complexity index is 539. The quantitative estimate of drug-likeness (QED) is 0.894. The Morgan fingerprint density at radius 3 is 2.55 bits per heavy atom. The number of aliphatic carboxylic acids is 1. The van der Waals surface area contributed by atoms with Gasteiger partial charge in [-0.25, -0.2) is 4.79 Å². The average Bonchev–Trinajstić information content (AvgIpc) is 2.54. The van der Waals surface area contributed by atoms with Gasteiger partial charge in [0.2, 0.25) is 0 Å². The summed E-state index contributed by atoms with van der Waals surface area (Å²) in [6.45, 7) is 2.85. The number of ether oxygens (including phenoxy) is 1. The van der Waals surface area contributed by atoms with Crippen LogP contribution in [-0.2, 0) is 4.79 Å². The van der Waals surface area contributed by atoms with E-state index in [9.17, 15) is 9.59 Å². The number of para-hydroxylation sites is 1. The number of amides is 2. The summed E-state index contributed by atoms with van der Waals surface area (Å²) < 4.78 is 5.30. The van der Waals surface area contributed by atoms with Gasteiger partial charge < -0.3 is 20.1 Å². The van der Waals surface area contributed by atoms with Crippen molar-refractivity contribution in [1.29, 1.82) is 0 Å². The largest absolute Gasteiger partial charge is 0.496 e. The van der Waals surface area contributed by atoms with Crippen molar-refractivity contribution in [2.45, 2.75) is 25.8 Å². The molecule has 0 radical (unpaired) electrons. The van der Waals surface area contributed by atoms with Gasteiger partial charge in [-0.15, -0.1) is 0 Å². The lowest BCUT2D eigenvalue weighted by atomic mass is 9.97. The van der Waals surface area contributed by atoms with Crippen molar-refractivity contribution in [1.82, 2.24) is 10.2 Å². The highest BCUT2D eigenvalue weighted by molar-refractivity contribution is 5.76. The molecule has 0 aromatic heterocycles. The van der Waals surface area contributed by atoms with Crippen molar-refractivity contribution in [2.75, 3.05) is 20.2 Å². The molecular formula is C16H22N2O4. The van der Waals surface area contributed by atoms with Crippen molar-refractivity contribution in [3.63, 3.8) is 0 Å². The molecular weight excluding hydrogens is 284 g/mol. The first-order chi connectivity index (χ1) is 10.5. The van der Waals surface area contributed by atoms with Crippen molar-refractivity contribution in [3.05, 3.63) is 29.8 Å². The van der Waals surface area contributed by atoms with Crippen LogP contribution >= 0.6 is 0 Å². The third-order valence-electron chi connectivity index (χ3n) is 4.08. The summed E-state index contributed by atoms with van der Waals surface area (Å²) in [5.74, 6) is -0.377. The van der Waals surface area contributed by atoms with E-state index in [4.69, 9.17) is 9.84 Å². The maximum atomic E-state index is 12.3. The number of benzene rings is 1. The van der Waals surface area contributed by atoms with E-state index in [-0.39, 0.29) is 18.0 Å². The Labute approximate surface area is 130 Å². The number of rotatable bonds is 4. The van der Waals surface area contributed by atoms with Crippen LogP contribution in [0, 0.1) is 5.92 Å². The van der Waals surface area contributed by atoms with E-state index < -0.39 is 5.97 Å². The first-order valence-electron chi connectivity index (χ1n) is 7.44. The zero-order chi connectivity index (χ0) is 16.1. The van der Waals surface area contributed by atoms with Crippen LogP contribution in [0.4, 0.5) is 4.79 Å². The molecule has 1 unspecified atom stereocenters. The first-order valence-corrected chi connectivity index (χ1v) is 7.44. The van der Waals surface area contributed by atoms with E-state index in [1.165, 1.54) is 0 Å². The maximum Gasteiger partial charge on any atom is 0.317 e. The maximum absolute atomic E-state index is 12.3. The number of hydrogen-bond donors (Lipinski definition) is 2. The minimum absolute atomic E-state index is 0.165. The van der Waals surface area contributed by atoms with Gasteiger partial charge in [0.1, 0.15) is 5.75 Å². The molecule has 1 aromatic rings. The van der Waals surface area contributed by atoms with Gasteiger partial charge in [0, 0.05) is 18.7 Å². The molecule has 2 N–H and O–H groups in total. The number of carboxylic acids is 1. The molecule has 1 atom stereocenters. The van der Waals surface area contributed by atoms with E-state index in [2.05, 4.69) is 5.32 Å². The molecule has 2 amide bonds. The van der Waals surface area contributed by atoms with Crippen LogP contribution in [0.15, 0.2) is 24.3 Å². The molecule has 2 rings (SSSR count). The van der Waals surface area contributed by atoms with Crippen LogP contribution < -0.4 is 10.1 Å². The smallest absolute Gasteiger partial charge is 0.317 e. The Morgan fingerprint density at radius 1 is 1.32 bits per heavy atom. The van der Waals surface area contributed by atoms with Crippen LogP contribution in [0.3, 0.4) is 0 Å². The molecule has 1 aliphatic heterocycles. The Kier molecular flexibility index (Phi) is 5.25. The number of methoxy groups -OCH3 is 1. The normalized spacial score (nSPS) is 16.9. The van der Waals surface area contributed by atoms with E-state index in [1.54, 1.807) is 12.0 Å². The predicted molar refractivity (Wildman–Crippen MR) is 81.9 cm³/mol. The molecule has 22 heavy (non-hydrogen) atoms. The summed E-state index contributed by atoms with van der Waals surface area (Å²) >= 11 is 0. The Balaban J connectivity index is 1.93. The second-order valence-corrected chi connectivity index (χ2v) is 5.51. The van der Waals surface area contributed by atoms with Gasteiger partial charge in [0.25, 0.3) is 0 Å². The molecule has 1 fully saturated rings. The summed E-state index contributed by atoms with van der Waals surface area (Å²) in [6, 6.07) is 7.21. The number of carbonyl (C=O) groups is 2. The number of carboxylic acid groups (broad SMARTS) is 1. The van der Waals surface area contributed by atoms with Gasteiger partial charge in [0.15, 0.2) is 0 Å². The number of carbonyl (C=O) groups excluding carboxylic acids is 1. The van der Waals surface area contributed by atoms with Gasteiger partial charge in [-0.05, 0) is 25.8 Å². The number of piperidine rings is 1. The van der Waals surface area contributed by atoms with Crippen molar-refractivity contribution >= 4 is 12.0 Å². The SMILES string of the molecule is COc1ccccc1C(C)NC(=O)N1CCC(C(=O)O)CC1. The zero-order valence-corrected chi connectivity index (χ0v) is 12.9. The fourth-order valence-electron chi connectivity index (χ4n) is 2.71. The van der Waals surface area contributed by atoms with Gasteiger partial charge in [-0.3, -0.25) is 4.79 Å². The number of nitrogens with one attached hydrogen (secondary N) is 1. The molecule has 0 bridgehead atoms. The molecule has 6 nitrogen and oxygen atoms in total. The highest BCUT2D eigenvalue weighted by atomic mass is 16.5. The number of nitrogens with zero attached hydrogens (tertiary/aromatic N) is 1. The minimum Gasteiger partial charge on any atom is -0.496 e. The predicted octanol–water partition coefficient (Wildman–Crippen LogP) is 2.26. The Hall–Kier alpha value is -2.24. The van der Waals surface area contributed by atoms with E-state index >= 15 is 0 Å². The number of likely N-dealkylation sites (tertiary alicyclic amines) is 1. The molecule has 1 heterocycles. The Morgan fingerprint density at radius 2 is 1.95 bits per heavy atom. The van der Waals surface area contributed by atoms with Gasteiger partial charge in [0.05, 0.1) is 19.1 Å². The fraction of sp³-hybridized carbons (Fsp3) is 0.500. The lowest BCUT2D eigenvalue weighted by molar-refractivity contribution is -0.143. The van der Waals surface area contributed by atoms with Gasteiger partial charge in [-0.1, -0.05) is 18.2 Å². The molecule has 120 valence electrons. The van der Waals surface area contributed by atoms with Gasteiger partial charge in [-0.2, -0.15) is 0 Å². The third-order valence-corrected chi connectivity index (χ3v) is 4.08. The highest BCUT2D eigenvalue weighted by Crippen LogP contribution is 2.25. The van der Waals surface area contributed by atoms with Crippen LogP contribution in [0.1, 0.15) is 31.4 Å². The molecule has 0 aliphatic carbocycles. The van der Waals surface area contributed by atoms with Crippen LogP contribution in [0.2, 0.25) is 0 Å². The summed E-state index contributed by atoms with van der Waals surface area (Å²) in [6.07, 6.45) is 1.01. The second-order valence-electron chi connectivity index (χ2n) is 5.51. The molecule has 0 spiro atoms. The summed E-state index contributed by atoms with van der Waals surface area (Å²) in [7, 11) is 1.60. The fourth-order valence-corrected chi connectivity index (χ4v) is 2.71. The van der Waals surface area contributed by atoms with Crippen molar-refractivity contribution in [3.8, 4) is 5.75 Å². The average molecular weight is 306 g/mol. The standard InChI is InChI=1S/C16H22N2O4/c1-11(13-5-3-4-6-14(13)22-2)17-16(21)18-9-7-12(8-10-18)15(19)20/h3-6,11-12H,7-10H2,1-2H3,(H,17,21)(H,19,20). The van der Waals surface area contributed by atoms with Crippen LogP contribution in [0.25, 0.3) is 0 Å². The molecule has 6 heteroatoms. The van der Waals surface area contributed by atoms with E-state index in [0.717, 1.165) is 11.3 Å². The first kappa shape index (κ1) is 16.1. The third kappa shape index (κ3) is 3.69. The van der Waals surface area contributed by atoms with Crippen LogP contribution in [0.5, 0.6) is 5.75 Å². The summed E-state index contributed by atoms with van der Waals surface area (Å²) in [5.41, 5.74) is 0.916. The minimum atomic E-state index is -0.776. The van der Waals surface area contributed by atoms with E-state index in [0.29, 0.717) is 25.9 Å². The molecule has 1 aromatic carbocycles. The highest BCUT2D eigenvalue weighted by Gasteiger charge is 2.27. The number of urea groups is 1. The van der Waals surface area contributed by atoms with Crippen molar-refractivity contribution in [2.24, 2.45) is 5.92 Å². The zero-order valence-electron chi connectivity index (χ0n) is 12.9. The van der Waals surface area contributed by atoms with E-state index in [1.807, 2.05) is 31.2 Å². The molecule has 1 aliphatic rings. The topological polar surface area (TPSA) is 78.9 Å².